The number of halogens is 2. The van der Waals surface area contributed by atoms with Gasteiger partial charge in [-0.3, -0.25) is 4.79 Å². The largest absolute Gasteiger partial charge is 0.323 e. The molecule has 5 nitrogen and oxygen atoms in total. The lowest BCUT2D eigenvalue weighted by Gasteiger charge is -2.07. The minimum absolute atomic E-state index is 0.288. The van der Waals surface area contributed by atoms with Crippen LogP contribution >= 0.6 is 27.5 Å². The number of fused-ring (bicyclic) bond motifs is 1. The van der Waals surface area contributed by atoms with Crippen LogP contribution in [0.25, 0.3) is 11.0 Å². The van der Waals surface area contributed by atoms with Crippen LogP contribution in [0.4, 0.5) is 5.69 Å². The molecule has 21 heavy (non-hydrogen) atoms. The molecule has 0 saturated carbocycles. The average Bonchev–Trinajstić information content (AvgIpc) is 2.81. The summed E-state index contributed by atoms with van der Waals surface area (Å²) in [6.45, 7) is 0. The molecular weight excluding hydrogens is 358 g/mol. The Bertz CT molecular complexity index is 901. The summed E-state index contributed by atoms with van der Waals surface area (Å²) in [4.78, 5) is 28.7. The number of hydrogen-bond acceptors (Lipinski definition) is 2. The van der Waals surface area contributed by atoms with E-state index in [0.29, 0.717) is 31.8 Å². The van der Waals surface area contributed by atoms with E-state index >= 15 is 0 Å². The van der Waals surface area contributed by atoms with Crippen LogP contribution in [0.3, 0.4) is 0 Å². The molecule has 3 aromatic rings. The van der Waals surface area contributed by atoms with Crippen molar-refractivity contribution < 1.29 is 4.79 Å². The van der Waals surface area contributed by atoms with Crippen LogP contribution in [0.1, 0.15) is 10.4 Å². The quantitative estimate of drug-likeness (QED) is 0.649. The standard InChI is InChI=1S/C14H9BrClN3O2/c15-9-3-1-2-8(12(9)16)13(20)17-7-4-5-10-11(6-7)19-14(21)18-10/h1-6H,(H,17,20)(H2,18,19,21). The smallest absolute Gasteiger partial charge is 0.322 e. The van der Waals surface area contributed by atoms with Gasteiger partial charge in [0, 0.05) is 10.2 Å². The molecule has 0 radical (unpaired) electrons. The highest BCUT2D eigenvalue weighted by molar-refractivity contribution is 9.10. The van der Waals surface area contributed by atoms with Crippen LogP contribution in [-0.2, 0) is 0 Å². The van der Waals surface area contributed by atoms with Gasteiger partial charge in [0.2, 0.25) is 0 Å². The zero-order chi connectivity index (χ0) is 15.0. The third-order valence-electron chi connectivity index (χ3n) is 2.97. The van der Waals surface area contributed by atoms with E-state index in [0.717, 1.165) is 0 Å². The molecule has 106 valence electrons. The fourth-order valence-corrected chi connectivity index (χ4v) is 2.57. The Morgan fingerprint density at radius 1 is 1.14 bits per heavy atom. The van der Waals surface area contributed by atoms with E-state index in [1.54, 1.807) is 36.4 Å². The first-order valence-electron chi connectivity index (χ1n) is 6.02. The molecule has 0 bridgehead atoms. The van der Waals surface area contributed by atoms with Crippen molar-refractivity contribution in [3.8, 4) is 0 Å². The maximum atomic E-state index is 12.2. The zero-order valence-corrected chi connectivity index (χ0v) is 12.9. The Balaban J connectivity index is 1.92. The topological polar surface area (TPSA) is 77.8 Å². The average molecular weight is 367 g/mol. The van der Waals surface area contributed by atoms with E-state index < -0.39 is 0 Å². The van der Waals surface area contributed by atoms with Gasteiger partial charge >= 0.3 is 5.69 Å². The summed E-state index contributed by atoms with van der Waals surface area (Å²) >= 11 is 9.37. The van der Waals surface area contributed by atoms with Gasteiger partial charge in [0.15, 0.2) is 0 Å². The Hall–Kier alpha value is -2.05. The highest BCUT2D eigenvalue weighted by Gasteiger charge is 2.12. The number of hydrogen-bond donors (Lipinski definition) is 3. The van der Waals surface area contributed by atoms with Gasteiger partial charge in [-0.15, -0.1) is 0 Å². The Morgan fingerprint density at radius 2 is 1.90 bits per heavy atom. The molecule has 0 aliphatic carbocycles. The molecule has 3 rings (SSSR count). The van der Waals surface area contributed by atoms with Gasteiger partial charge in [-0.05, 0) is 46.3 Å². The zero-order valence-electron chi connectivity index (χ0n) is 10.5. The van der Waals surface area contributed by atoms with E-state index in [1.165, 1.54) is 0 Å². The molecule has 2 aromatic carbocycles. The van der Waals surface area contributed by atoms with Gasteiger partial charge < -0.3 is 15.3 Å². The fourth-order valence-electron chi connectivity index (χ4n) is 1.99. The monoisotopic (exact) mass is 365 g/mol. The van der Waals surface area contributed by atoms with Crippen LogP contribution in [0.2, 0.25) is 5.02 Å². The first-order valence-corrected chi connectivity index (χ1v) is 7.19. The molecule has 1 amide bonds. The van der Waals surface area contributed by atoms with Gasteiger partial charge in [0.1, 0.15) is 0 Å². The Labute approximate surface area is 132 Å². The molecule has 1 heterocycles. The molecule has 0 saturated heterocycles. The van der Waals surface area contributed by atoms with Gasteiger partial charge in [0.25, 0.3) is 5.91 Å². The number of carbonyl (C=O) groups excluding carboxylic acids is 1. The number of carbonyl (C=O) groups is 1. The third-order valence-corrected chi connectivity index (χ3v) is 4.27. The van der Waals surface area contributed by atoms with Crippen molar-refractivity contribution in [2.75, 3.05) is 5.32 Å². The second-order valence-corrected chi connectivity index (χ2v) is 5.63. The number of amides is 1. The van der Waals surface area contributed by atoms with Crippen molar-refractivity contribution in [1.29, 1.82) is 0 Å². The molecule has 0 spiro atoms. The van der Waals surface area contributed by atoms with Crippen LogP contribution in [0.15, 0.2) is 45.7 Å². The first-order chi connectivity index (χ1) is 10.0. The lowest BCUT2D eigenvalue weighted by molar-refractivity contribution is 0.102. The van der Waals surface area contributed by atoms with Crippen molar-refractivity contribution >= 4 is 50.2 Å². The molecule has 0 unspecified atom stereocenters. The minimum atomic E-state index is -0.321. The number of anilines is 1. The van der Waals surface area contributed by atoms with Gasteiger partial charge in [-0.1, -0.05) is 17.7 Å². The second-order valence-electron chi connectivity index (χ2n) is 4.39. The molecule has 0 fully saturated rings. The summed E-state index contributed by atoms with van der Waals surface area (Å²) in [6.07, 6.45) is 0. The number of benzene rings is 2. The molecule has 7 heteroatoms. The predicted octanol–water partition coefficient (Wildman–Crippen LogP) is 3.52. The fraction of sp³-hybridized carbons (Fsp3) is 0. The maximum absolute atomic E-state index is 12.2. The maximum Gasteiger partial charge on any atom is 0.323 e. The van der Waals surface area contributed by atoms with E-state index in [9.17, 15) is 9.59 Å². The first kappa shape index (κ1) is 13.9. The SMILES string of the molecule is O=C(Nc1ccc2[nH]c(=O)[nH]c2c1)c1cccc(Br)c1Cl. The Kier molecular flexibility index (Phi) is 3.57. The number of rotatable bonds is 2. The van der Waals surface area contributed by atoms with E-state index in [2.05, 4.69) is 31.2 Å². The normalized spacial score (nSPS) is 10.8. The van der Waals surface area contributed by atoms with Crippen LogP contribution in [-0.4, -0.2) is 15.9 Å². The molecule has 1 aromatic heterocycles. The number of H-pyrrole nitrogens is 2. The predicted molar refractivity (Wildman–Crippen MR) is 86.0 cm³/mol. The lowest BCUT2D eigenvalue weighted by atomic mass is 10.2. The number of aromatic nitrogens is 2. The highest BCUT2D eigenvalue weighted by Crippen LogP contribution is 2.26. The highest BCUT2D eigenvalue weighted by atomic mass is 79.9. The van der Waals surface area contributed by atoms with Gasteiger partial charge in [0.05, 0.1) is 21.6 Å². The summed E-state index contributed by atoms with van der Waals surface area (Å²) in [5, 5.41) is 3.10. The van der Waals surface area contributed by atoms with Gasteiger partial charge in [-0.2, -0.15) is 0 Å². The van der Waals surface area contributed by atoms with Crippen LogP contribution in [0, 0.1) is 0 Å². The van der Waals surface area contributed by atoms with Crippen molar-refractivity contribution in [1.82, 2.24) is 9.97 Å². The van der Waals surface area contributed by atoms with E-state index in [4.69, 9.17) is 11.6 Å². The van der Waals surface area contributed by atoms with Crippen LogP contribution < -0.4 is 11.0 Å². The Morgan fingerprint density at radius 3 is 2.71 bits per heavy atom. The van der Waals surface area contributed by atoms with Gasteiger partial charge in [-0.25, -0.2) is 4.79 Å². The van der Waals surface area contributed by atoms with Crippen molar-refractivity contribution in [2.45, 2.75) is 0 Å². The summed E-state index contributed by atoms with van der Waals surface area (Å²) in [5.74, 6) is -0.321. The summed E-state index contributed by atoms with van der Waals surface area (Å²) in [7, 11) is 0. The summed E-state index contributed by atoms with van der Waals surface area (Å²) in [5.41, 5.74) is 1.95. The summed E-state index contributed by atoms with van der Waals surface area (Å²) < 4.78 is 0.655. The van der Waals surface area contributed by atoms with Crippen molar-refractivity contribution in [3.63, 3.8) is 0 Å². The number of nitrogens with one attached hydrogen (secondary N) is 3. The number of aromatic amines is 2. The van der Waals surface area contributed by atoms with E-state index in [-0.39, 0.29) is 11.6 Å². The second kappa shape index (κ2) is 5.38. The van der Waals surface area contributed by atoms with E-state index in [1.807, 2.05) is 0 Å². The molecular formula is C14H9BrClN3O2. The molecule has 0 atom stereocenters. The van der Waals surface area contributed by atoms with Crippen LogP contribution in [0.5, 0.6) is 0 Å². The molecule has 0 aliphatic heterocycles. The number of imidazole rings is 1. The van der Waals surface area contributed by atoms with Crippen molar-refractivity contribution in [3.05, 3.63) is 61.9 Å². The molecule has 0 aliphatic rings. The minimum Gasteiger partial charge on any atom is -0.322 e. The summed E-state index contributed by atoms with van der Waals surface area (Å²) in [6, 6.07) is 10.2. The third kappa shape index (κ3) is 2.72. The lowest BCUT2D eigenvalue weighted by Crippen LogP contribution is -2.12. The molecule has 3 N–H and O–H groups in total. The van der Waals surface area contributed by atoms with Crippen molar-refractivity contribution in [2.24, 2.45) is 0 Å².